The van der Waals surface area contributed by atoms with E-state index in [1.54, 1.807) is 0 Å². The zero-order valence-corrected chi connectivity index (χ0v) is 10.1. The van der Waals surface area contributed by atoms with Gasteiger partial charge in [-0.2, -0.15) is 0 Å². The van der Waals surface area contributed by atoms with Crippen molar-refractivity contribution < 1.29 is 4.79 Å². The molecule has 14 heavy (non-hydrogen) atoms. The molecule has 0 aliphatic heterocycles. The molecule has 84 valence electrons. The maximum Gasteiger partial charge on any atom is 0.239 e. The molecule has 2 atom stereocenters. The van der Waals surface area contributed by atoms with Gasteiger partial charge in [0.1, 0.15) is 0 Å². The standard InChI is InChI=1S/C11H24N2O/c1-6-9(5)13(7-2)11(14)10(12)8(3)4/h8-10H,6-7,12H2,1-5H3/t9?,10-/m0/s1. The topological polar surface area (TPSA) is 46.3 Å². The Bertz CT molecular complexity index is 180. The third-order valence-corrected chi connectivity index (χ3v) is 2.75. The molecule has 1 amide bonds. The predicted octanol–water partition coefficient (Wildman–Crippen LogP) is 1.62. The zero-order chi connectivity index (χ0) is 11.3. The monoisotopic (exact) mass is 200 g/mol. The molecule has 0 fully saturated rings. The fourth-order valence-corrected chi connectivity index (χ4v) is 1.38. The van der Waals surface area contributed by atoms with Crippen LogP contribution in [-0.4, -0.2) is 29.4 Å². The van der Waals surface area contributed by atoms with Crippen molar-refractivity contribution in [2.75, 3.05) is 6.54 Å². The highest BCUT2D eigenvalue weighted by Crippen LogP contribution is 2.09. The summed E-state index contributed by atoms with van der Waals surface area (Å²) >= 11 is 0. The van der Waals surface area contributed by atoms with Gasteiger partial charge < -0.3 is 10.6 Å². The minimum absolute atomic E-state index is 0.0804. The lowest BCUT2D eigenvalue weighted by Gasteiger charge is -2.30. The molecule has 0 aromatic rings. The van der Waals surface area contributed by atoms with Crippen molar-refractivity contribution >= 4 is 5.91 Å². The largest absolute Gasteiger partial charge is 0.339 e. The Morgan fingerprint density at radius 1 is 1.29 bits per heavy atom. The lowest BCUT2D eigenvalue weighted by molar-refractivity contribution is -0.135. The maximum absolute atomic E-state index is 11.9. The van der Waals surface area contributed by atoms with Crippen molar-refractivity contribution in [2.24, 2.45) is 11.7 Å². The van der Waals surface area contributed by atoms with Crippen LogP contribution in [0.2, 0.25) is 0 Å². The number of carbonyl (C=O) groups excluding carboxylic acids is 1. The summed E-state index contributed by atoms with van der Waals surface area (Å²) in [6, 6.07) is -0.0683. The molecule has 0 aromatic carbocycles. The molecule has 3 nitrogen and oxygen atoms in total. The highest BCUT2D eigenvalue weighted by atomic mass is 16.2. The fourth-order valence-electron chi connectivity index (χ4n) is 1.38. The van der Waals surface area contributed by atoms with Crippen LogP contribution in [0.4, 0.5) is 0 Å². The molecule has 0 aromatic heterocycles. The Morgan fingerprint density at radius 3 is 2.07 bits per heavy atom. The highest BCUT2D eigenvalue weighted by molar-refractivity contribution is 5.82. The number of hydrogen-bond donors (Lipinski definition) is 1. The van der Waals surface area contributed by atoms with Crippen LogP contribution in [0.3, 0.4) is 0 Å². The average Bonchev–Trinajstić information content (AvgIpc) is 2.16. The van der Waals surface area contributed by atoms with E-state index in [4.69, 9.17) is 5.73 Å². The first-order valence-corrected chi connectivity index (χ1v) is 5.51. The Hall–Kier alpha value is -0.570. The van der Waals surface area contributed by atoms with Crippen LogP contribution in [0.1, 0.15) is 41.0 Å². The minimum atomic E-state index is -0.357. The number of rotatable bonds is 5. The summed E-state index contributed by atoms with van der Waals surface area (Å²) < 4.78 is 0. The third kappa shape index (κ3) is 3.29. The second-order valence-corrected chi connectivity index (χ2v) is 4.15. The van der Waals surface area contributed by atoms with Gasteiger partial charge in [0, 0.05) is 12.6 Å². The van der Waals surface area contributed by atoms with E-state index in [1.807, 2.05) is 25.7 Å². The number of nitrogens with two attached hydrogens (primary N) is 1. The van der Waals surface area contributed by atoms with Gasteiger partial charge >= 0.3 is 0 Å². The molecule has 1 unspecified atom stereocenters. The van der Waals surface area contributed by atoms with Crippen molar-refractivity contribution in [1.82, 2.24) is 4.90 Å². The quantitative estimate of drug-likeness (QED) is 0.733. The zero-order valence-electron chi connectivity index (χ0n) is 10.1. The summed E-state index contributed by atoms with van der Waals surface area (Å²) in [5.41, 5.74) is 5.84. The molecule has 0 saturated carbocycles. The van der Waals surface area contributed by atoms with Gasteiger partial charge in [-0.05, 0) is 26.2 Å². The first kappa shape index (κ1) is 13.4. The van der Waals surface area contributed by atoms with E-state index in [0.717, 1.165) is 13.0 Å². The lowest BCUT2D eigenvalue weighted by Crippen LogP contribution is -2.49. The molecule has 0 heterocycles. The van der Waals surface area contributed by atoms with E-state index in [9.17, 15) is 4.79 Å². The van der Waals surface area contributed by atoms with Crippen molar-refractivity contribution in [3.63, 3.8) is 0 Å². The van der Waals surface area contributed by atoms with E-state index in [2.05, 4.69) is 13.8 Å². The van der Waals surface area contributed by atoms with Crippen molar-refractivity contribution in [3.05, 3.63) is 0 Å². The molecule has 0 spiro atoms. The van der Waals surface area contributed by atoms with E-state index in [0.29, 0.717) is 0 Å². The van der Waals surface area contributed by atoms with E-state index >= 15 is 0 Å². The summed E-state index contributed by atoms with van der Waals surface area (Å²) in [5.74, 6) is 0.289. The highest BCUT2D eigenvalue weighted by Gasteiger charge is 2.24. The summed E-state index contributed by atoms with van der Waals surface area (Å²) in [4.78, 5) is 13.8. The van der Waals surface area contributed by atoms with E-state index < -0.39 is 0 Å². The van der Waals surface area contributed by atoms with Crippen LogP contribution in [0, 0.1) is 5.92 Å². The van der Waals surface area contributed by atoms with Gasteiger partial charge in [-0.25, -0.2) is 0 Å². The molecule has 3 heteroatoms. The Balaban J connectivity index is 4.45. The summed E-state index contributed by atoms with van der Waals surface area (Å²) in [6.07, 6.45) is 0.977. The predicted molar refractivity (Wildman–Crippen MR) is 60.0 cm³/mol. The number of carbonyl (C=O) groups is 1. The number of hydrogen-bond acceptors (Lipinski definition) is 2. The van der Waals surface area contributed by atoms with Crippen molar-refractivity contribution in [1.29, 1.82) is 0 Å². The summed E-state index contributed by atoms with van der Waals surface area (Å²) in [6.45, 7) is 10.8. The van der Waals surface area contributed by atoms with Crippen LogP contribution in [0.25, 0.3) is 0 Å². The fraction of sp³-hybridized carbons (Fsp3) is 0.909. The maximum atomic E-state index is 11.9. The Kier molecular flexibility index (Phi) is 5.77. The van der Waals surface area contributed by atoms with Gasteiger partial charge in [-0.1, -0.05) is 20.8 Å². The molecule has 0 bridgehead atoms. The van der Waals surface area contributed by atoms with Crippen LogP contribution in [0.5, 0.6) is 0 Å². The van der Waals surface area contributed by atoms with Gasteiger partial charge in [-0.3, -0.25) is 4.79 Å². The normalized spacial score (nSPS) is 15.4. The van der Waals surface area contributed by atoms with Gasteiger partial charge in [0.2, 0.25) is 5.91 Å². The Morgan fingerprint density at radius 2 is 1.79 bits per heavy atom. The second-order valence-electron chi connectivity index (χ2n) is 4.15. The van der Waals surface area contributed by atoms with E-state index in [-0.39, 0.29) is 23.9 Å². The smallest absolute Gasteiger partial charge is 0.239 e. The van der Waals surface area contributed by atoms with Gasteiger partial charge in [0.25, 0.3) is 0 Å². The van der Waals surface area contributed by atoms with Crippen LogP contribution in [0.15, 0.2) is 0 Å². The average molecular weight is 200 g/mol. The molecule has 2 N–H and O–H groups in total. The lowest BCUT2D eigenvalue weighted by atomic mass is 10.0. The molecular weight excluding hydrogens is 176 g/mol. The number of likely N-dealkylation sites (N-methyl/N-ethyl adjacent to an activating group) is 1. The molecule has 0 rings (SSSR count). The number of amides is 1. The van der Waals surface area contributed by atoms with E-state index in [1.165, 1.54) is 0 Å². The molecule has 0 radical (unpaired) electrons. The SMILES string of the molecule is CCC(C)N(CC)C(=O)[C@@H](N)C(C)C. The van der Waals surface area contributed by atoms with Crippen molar-refractivity contribution in [2.45, 2.75) is 53.1 Å². The van der Waals surface area contributed by atoms with Gasteiger partial charge in [0.05, 0.1) is 6.04 Å². The summed E-state index contributed by atoms with van der Waals surface area (Å²) in [7, 11) is 0. The van der Waals surface area contributed by atoms with Crippen LogP contribution < -0.4 is 5.73 Å². The summed E-state index contributed by atoms with van der Waals surface area (Å²) in [5, 5.41) is 0. The first-order valence-electron chi connectivity index (χ1n) is 5.51. The van der Waals surface area contributed by atoms with Gasteiger partial charge in [-0.15, -0.1) is 0 Å². The van der Waals surface area contributed by atoms with Crippen molar-refractivity contribution in [3.8, 4) is 0 Å². The van der Waals surface area contributed by atoms with Crippen LogP contribution in [-0.2, 0) is 4.79 Å². The van der Waals surface area contributed by atoms with Crippen LogP contribution >= 0.6 is 0 Å². The van der Waals surface area contributed by atoms with Gasteiger partial charge in [0.15, 0.2) is 0 Å². The third-order valence-electron chi connectivity index (χ3n) is 2.75. The number of nitrogens with zero attached hydrogens (tertiary/aromatic N) is 1. The Labute approximate surface area is 87.6 Å². The molecule has 0 aliphatic rings. The molecular formula is C11H24N2O. The second kappa shape index (κ2) is 6.02. The minimum Gasteiger partial charge on any atom is -0.339 e. The first-order chi connectivity index (χ1) is 6.45. The molecule has 0 saturated heterocycles. The molecule has 0 aliphatic carbocycles.